The van der Waals surface area contributed by atoms with Crippen LogP contribution in [-0.2, 0) is 14.3 Å². The first-order valence-corrected chi connectivity index (χ1v) is 7.35. The van der Waals surface area contributed by atoms with Crippen molar-refractivity contribution in [1.82, 2.24) is 4.90 Å². The molecule has 1 aromatic carbocycles. The highest BCUT2D eigenvalue weighted by molar-refractivity contribution is 5.96. The van der Waals surface area contributed by atoms with Gasteiger partial charge in [-0.05, 0) is 26.3 Å². The molecule has 3 rings (SSSR count). The molecular weight excluding hydrogens is 266 g/mol. The van der Waals surface area contributed by atoms with Crippen LogP contribution in [0.3, 0.4) is 0 Å². The maximum absolute atomic E-state index is 12.9. The fourth-order valence-corrected chi connectivity index (χ4v) is 3.60. The predicted octanol–water partition coefficient (Wildman–Crippen LogP) is 2.34. The van der Waals surface area contributed by atoms with Gasteiger partial charge in [-0.15, -0.1) is 0 Å². The summed E-state index contributed by atoms with van der Waals surface area (Å²) >= 11 is 0. The Morgan fingerprint density at radius 3 is 2.43 bits per heavy atom. The van der Waals surface area contributed by atoms with Gasteiger partial charge in [0.2, 0.25) is 5.60 Å². The van der Waals surface area contributed by atoms with Crippen molar-refractivity contribution in [2.75, 3.05) is 6.54 Å². The lowest BCUT2D eigenvalue weighted by molar-refractivity contribution is -0.161. The van der Waals surface area contributed by atoms with Gasteiger partial charge in [0.05, 0.1) is 0 Å². The van der Waals surface area contributed by atoms with Crippen LogP contribution in [0, 0.1) is 5.92 Å². The molecule has 2 aliphatic rings. The molecule has 1 heterocycles. The van der Waals surface area contributed by atoms with Gasteiger partial charge in [-0.3, -0.25) is 9.59 Å². The summed E-state index contributed by atoms with van der Waals surface area (Å²) in [5.41, 5.74) is -0.148. The number of piperidine rings is 1. The number of hydrogen-bond acceptors (Lipinski definition) is 3. The van der Waals surface area contributed by atoms with Crippen LogP contribution in [0.2, 0.25) is 0 Å². The van der Waals surface area contributed by atoms with Crippen molar-refractivity contribution in [3.8, 4) is 0 Å². The van der Waals surface area contributed by atoms with Crippen LogP contribution in [-0.4, -0.2) is 34.5 Å². The van der Waals surface area contributed by atoms with Crippen LogP contribution in [0.25, 0.3) is 0 Å². The van der Waals surface area contributed by atoms with Crippen LogP contribution in [0.15, 0.2) is 30.3 Å². The number of benzene rings is 1. The molecule has 2 fully saturated rings. The van der Waals surface area contributed by atoms with Gasteiger partial charge in [0.1, 0.15) is 0 Å². The third kappa shape index (κ3) is 1.96. The second-order valence-electron chi connectivity index (χ2n) is 6.97. The lowest BCUT2D eigenvalue weighted by atomic mass is 10.0. The van der Waals surface area contributed by atoms with E-state index in [1.54, 1.807) is 0 Å². The van der Waals surface area contributed by atoms with E-state index < -0.39 is 5.60 Å². The quantitative estimate of drug-likeness (QED) is 0.784. The lowest BCUT2D eigenvalue weighted by Gasteiger charge is -2.35. The minimum absolute atomic E-state index is 0.00583. The van der Waals surface area contributed by atoms with Gasteiger partial charge in [0.15, 0.2) is 0 Å². The molecule has 1 aliphatic heterocycles. The molecule has 0 radical (unpaired) electrons. The Hall–Kier alpha value is -1.84. The van der Waals surface area contributed by atoms with E-state index in [1.807, 2.05) is 56.0 Å². The molecule has 1 aromatic rings. The number of hydrogen-bond donors (Lipinski definition) is 0. The minimum atomic E-state index is -0.972. The van der Waals surface area contributed by atoms with Crippen LogP contribution in [0.5, 0.6) is 0 Å². The second-order valence-corrected chi connectivity index (χ2v) is 6.97. The average Bonchev–Trinajstić information content (AvgIpc) is 2.92. The minimum Gasteiger partial charge on any atom is -0.448 e. The van der Waals surface area contributed by atoms with E-state index in [2.05, 4.69) is 0 Å². The summed E-state index contributed by atoms with van der Waals surface area (Å²) in [4.78, 5) is 26.2. The number of ether oxygens (including phenoxy) is 1. The summed E-state index contributed by atoms with van der Waals surface area (Å²) < 4.78 is 5.55. The highest BCUT2D eigenvalue weighted by Crippen LogP contribution is 2.65. The van der Waals surface area contributed by atoms with E-state index in [4.69, 9.17) is 4.74 Å². The van der Waals surface area contributed by atoms with Crippen LogP contribution in [0.1, 0.15) is 39.2 Å². The van der Waals surface area contributed by atoms with Crippen molar-refractivity contribution in [2.45, 2.75) is 44.8 Å². The molecule has 0 aromatic heterocycles. The Bertz CT molecular complexity index is 590. The van der Waals surface area contributed by atoms with Crippen molar-refractivity contribution in [3.05, 3.63) is 35.9 Å². The Labute approximate surface area is 125 Å². The second kappa shape index (κ2) is 4.33. The van der Waals surface area contributed by atoms with E-state index in [0.717, 1.165) is 5.56 Å². The smallest absolute Gasteiger partial charge is 0.303 e. The first-order valence-electron chi connectivity index (χ1n) is 7.35. The summed E-state index contributed by atoms with van der Waals surface area (Å²) in [6.45, 7) is 8.05. The molecule has 0 bridgehead atoms. The number of amides is 1. The van der Waals surface area contributed by atoms with Crippen LogP contribution >= 0.6 is 0 Å². The monoisotopic (exact) mass is 287 g/mol. The first-order chi connectivity index (χ1) is 9.78. The van der Waals surface area contributed by atoms with Crippen molar-refractivity contribution in [2.24, 2.45) is 5.92 Å². The van der Waals surface area contributed by atoms with Crippen molar-refractivity contribution < 1.29 is 14.3 Å². The molecule has 1 saturated carbocycles. The number of carbonyl (C=O) groups excluding carboxylic acids is 2. The molecule has 3 atom stereocenters. The number of rotatable bonds is 2. The first kappa shape index (κ1) is 14.1. The lowest BCUT2D eigenvalue weighted by Crippen LogP contribution is -2.48. The Kier molecular flexibility index (Phi) is 2.91. The van der Waals surface area contributed by atoms with Crippen molar-refractivity contribution >= 4 is 11.9 Å². The molecule has 112 valence electrons. The summed E-state index contributed by atoms with van der Waals surface area (Å²) in [5.74, 6) is -0.379. The summed E-state index contributed by atoms with van der Waals surface area (Å²) in [7, 11) is 0. The van der Waals surface area contributed by atoms with Crippen molar-refractivity contribution in [1.29, 1.82) is 0 Å². The number of fused-ring (bicyclic) bond motifs is 1. The normalized spacial score (nSPS) is 31.0. The van der Waals surface area contributed by atoms with Gasteiger partial charge in [0, 0.05) is 30.8 Å². The van der Waals surface area contributed by atoms with E-state index in [9.17, 15) is 9.59 Å². The largest absolute Gasteiger partial charge is 0.448 e. The molecule has 4 heteroatoms. The maximum atomic E-state index is 12.9. The number of esters is 1. The molecular formula is C17H21NO3. The van der Waals surface area contributed by atoms with Gasteiger partial charge in [-0.25, -0.2) is 0 Å². The summed E-state index contributed by atoms with van der Waals surface area (Å²) in [6, 6.07) is 9.86. The molecule has 1 aliphatic carbocycles. The Balaban J connectivity index is 1.96. The van der Waals surface area contributed by atoms with Gasteiger partial charge < -0.3 is 9.64 Å². The van der Waals surface area contributed by atoms with E-state index in [1.165, 1.54) is 6.92 Å². The Morgan fingerprint density at radius 2 is 1.90 bits per heavy atom. The zero-order valence-corrected chi connectivity index (χ0v) is 12.9. The average molecular weight is 287 g/mol. The molecule has 1 saturated heterocycles. The van der Waals surface area contributed by atoms with Gasteiger partial charge >= 0.3 is 5.97 Å². The zero-order valence-electron chi connectivity index (χ0n) is 12.9. The maximum Gasteiger partial charge on any atom is 0.303 e. The van der Waals surface area contributed by atoms with Crippen LogP contribution < -0.4 is 0 Å². The SMILES string of the molecule is CC(=O)O[C@]12C(=O)N(C(C)(C)C)C[C@@H]1[C@H]2c1ccccc1. The highest BCUT2D eigenvalue weighted by Gasteiger charge is 2.79. The van der Waals surface area contributed by atoms with E-state index in [-0.39, 0.29) is 29.3 Å². The molecule has 1 amide bonds. The number of nitrogens with zero attached hydrogens (tertiary/aromatic N) is 1. The molecule has 0 N–H and O–H groups in total. The topological polar surface area (TPSA) is 46.6 Å². The van der Waals surface area contributed by atoms with Crippen molar-refractivity contribution in [3.63, 3.8) is 0 Å². The molecule has 0 spiro atoms. The van der Waals surface area contributed by atoms with E-state index in [0.29, 0.717) is 6.54 Å². The third-order valence-electron chi connectivity index (χ3n) is 4.55. The van der Waals surface area contributed by atoms with Gasteiger partial charge in [0.25, 0.3) is 5.91 Å². The molecule has 21 heavy (non-hydrogen) atoms. The summed E-state index contributed by atoms with van der Waals surface area (Å²) in [6.07, 6.45) is 0. The fraction of sp³-hybridized carbons (Fsp3) is 0.529. The Morgan fingerprint density at radius 1 is 1.29 bits per heavy atom. The highest BCUT2D eigenvalue weighted by atomic mass is 16.6. The van der Waals surface area contributed by atoms with Crippen LogP contribution in [0.4, 0.5) is 0 Å². The number of carbonyl (C=O) groups is 2. The fourth-order valence-electron chi connectivity index (χ4n) is 3.60. The molecule has 0 unspecified atom stereocenters. The van der Waals surface area contributed by atoms with Gasteiger partial charge in [-0.1, -0.05) is 30.3 Å². The molecule has 4 nitrogen and oxygen atoms in total. The van der Waals surface area contributed by atoms with E-state index >= 15 is 0 Å². The summed E-state index contributed by atoms with van der Waals surface area (Å²) in [5, 5.41) is 0. The standard InChI is InChI=1S/C17H21NO3/c1-11(19)21-17-13(10-18(15(17)20)16(2,3)4)14(17)12-8-6-5-7-9-12/h5-9,13-14H,10H2,1-4H3/t13-,14-,17-/m1/s1. The predicted molar refractivity (Wildman–Crippen MR) is 78.6 cm³/mol. The number of likely N-dealkylation sites (tertiary alicyclic amines) is 1. The zero-order chi connectivity index (χ0) is 15.4. The third-order valence-corrected chi connectivity index (χ3v) is 4.55. The van der Waals surface area contributed by atoms with Gasteiger partial charge in [-0.2, -0.15) is 0 Å².